The van der Waals surface area contributed by atoms with Gasteiger partial charge in [0.1, 0.15) is 11.1 Å². The molecule has 0 radical (unpaired) electrons. The maximum absolute atomic E-state index is 12.7. The zero-order valence-corrected chi connectivity index (χ0v) is 13.2. The Morgan fingerprint density at radius 2 is 2.00 bits per heavy atom. The SMILES string of the molecule is N#Cc1c(NC(=O)C2C3C=CC(C3)C2C(=O)O)sc2c1CCC2. The van der Waals surface area contributed by atoms with Gasteiger partial charge in [-0.2, -0.15) is 5.26 Å². The molecule has 0 spiro atoms. The summed E-state index contributed by atoms with van der Waals surface area (Å²) in [5.74, 6) is -2.40. The van der Waals surface area contributed by atoms with Gasteiger partial charge >= 0.3 is 5.97 Å². The lowest BCUT2D eigenvalue weighted by atomic mass is 9.82. The Labute approximate surface area is 137 Å². The number of allylic oxidation sites excluding steroid dienone is 2. The smallest absolute Gasteiger partial charge is 0.307 e. The number of aryl methyl sites for hydroxylation is 1. The summed E-state index contributed by atoms with van der Waals surface area (Å²) in [6.45, 7) is 0. The van der Waals surface area contributed by atoms with Gasteiger partial charge in [0.2, 0.25) is 5.91 Å². The van der Waals surface area contributed by atoms with Gasteiger partial charge in [-0.1, -0.05) is 12.2 Å². The number of nitriles is 1. The molecule has 4 atom stereocenters. The lowest BCUT2D eigenvalue weighted by molar-refractivity contribution is -0.146. The number of aliphatic carboxylic acids is 1. The summed E-state index contributed by atoms with van der Waals surface area (Å²) in [4.78, 5) is 25.4. The molecule has 3 aliphatic carbocycles. The first kappa shape index (κ1) is 14.5. The van der Waals surface area contributed by atoms with E-state index in [1.807, 2.05) is 12.2 Å². The zero-order chi connectivity index (χ0) is 16.1. The van der Waals surface area contributed by atoms with Crippen LogP contribution in [0.15, 0.2) is 12.2 Å². The Morgan fingerprint density at radius 1 is 1.26 bits per heavy atom. The van der Waals surface area contributed by atoms with Gasteiger partial charge in [0.25, 0.3) is 0 Å². The number of rotatable bonds is 3. The molecule has 2 bridgehead atoms. The van der Waals surface area contributed by atoms with Crippen molar-refractivity contribution in [3.05, 3.63) is 28.2 Å². The average Bonchev–Trinajstić information content (AvgIpc) is 3.25. The van der Waals surface area contributed by atoms with Gasteiger partial charge in [-0.3, -0.25) is 9.59 Å². The van der Waals surface area contributed by atoms with Gasteiger partial charge < -0.3 is 10.4 Å². The standard InChI is InChI=1S/C17H16N2O3S/c18-7-11-10-2-1-3-12(10)23-16(11)19-15(20)13-8-4-5-9(6-8)14(13)17(21)22/h4-5,8-9,13-14H,1-3,6H2,(H,19,20)(H,21,22). The fourth-order valence-electron chi connectivity index (χ4n) is 4.32. The van der Waals surface area contributed by atoms with Crippen molar-refractivity contribution >= 4 is 28.2 Å². The highest BCUT2D eigenvalue weighted by Gasteiger charge is 2.51. The number of hydrogen-bond donors (Lipinski definition) is 2. The van der Waals surface area contributed by atoms with Crippen LogP contribution in [0.2, 0.25) is 0 Å². The van der Waals surface area contributed by atoms with E-state index in [1.54, 1.807) is 0 Å². The maximum atomic E-state index is 12.7. The number of carbonyl (C=O) groups excluding carboxylic acids is 1. The summed E-state index contributed by atoms with van der Waals surface area (Å²) < 4.78 is 0. The topological polar surface area (TPSA) is 90.2 Å². The lowest BCUT2D eigenvalue weighted by Gasteiger charge is -2.23. The Kier molecular flexibility index (Phi) is 3.27. The maximum Gasteiger partial charge on any atom is 0.307 e. The van der Waals surface area contributed by atoms with Crippen LogP contribution < -0.4 is 5.32 Å². The van der Waals surface area contributed by atoms with Crippen molar-refractivity contribution in [3.63, 3.8) is 0 Å². The Hall–Kier alpha value is -2.13. The minimum Gasteiger partial charge on any atom is -0.481 e. The molecule has 1 saturated carbocycles. The number of nitrogens with one attached hydrogen (secondary N) is 1. The molecule has 4 rings (SSSR count). The van der Waals surface area contributed by atoms with Crippen LogP contribution in [0.4, 0.5) is 5.00 Å². The molecule has 23 heavy (non-hydrogen) atoms. The van der Waals surface area contributed by atoms with Gasteiger partial charge in [-0.15, -0.1) is 11.3 Å². The van der Waals surface area contributed by atoms with Crippen molar-refractivity contribution in [2.24, 2.45) is 23.7 Å². The third kappa shape index (κ3) is 2.11. The zero-order valence-electron chi connectivity index (χ0n) is 12.4. The van der Waals surface area contributed by atoms with Crippen molar-refractivity contribution in [2.45, 2.75) is 25.7 Å². The summed E-state index contributed by atoms with van der Waals surface area (Å²) in [5, 5.41) is 22.3. The number of carboxylic acid groups (broad SMARTS) is 1. The van der Waals surface area contributed by atoms with Gasteiger partial charge in [-0.05, 0) is 43.1 Å². The Bertz CT molecular complexity index is 774. The molecule has 3 aliphatic rings. The third-order valence-corrected chi connectivity index (χ3v) is 6.52. The fraction of sp³-hybridized carbons (Fsp3) is 0.471. The number of anilines is 1. The second kappa shape index (κ2) is 5.20. The molecule has 4 unspecified atom stereocenters. The minimum atomic E-state index is -0.906. The Morgan fingerprint density at radius 3 is 2.70 bits per heavy atom. The Balaban J connectivity index is 1.61. The number of nitrogens with zero attached hydrogens (tertiary/aromatic N) is 1. The molecular formula is C17H16N2O3S. The van der Waals surface area contributed by atoms with Gasteiger partial charge in [0.15, 0.2) is 0 Å². The molecule has 1 heterocycles. The highest BCUT2D eigenvalue weighted by atomic mass is 32.1. The molecule has 0 aliphatic heterocycles. The molecule has 0 saturated heterocycles. The highest BCUT2D eigenvalue weighted by molar-refractivity contribution is 7.16. The first-order chi connectivity index (χ1) is 11.1. The predicted molar refractivity (Wildman–Crippen MR) is 85.0 cm³/mol. The van der Waals surface area contributed by atoms with Crippen LogP contribution in [0.5, 0.6) is 0 Å². The van der Waals surface area contributed by atoms with E-state index in [0.717, 1.165) is 31.2 Å². The van der Waals surface area contributed by atoms with E-state index in [1.165, 1.54) is 16.2 Å². The summed E-state index contributed by atoms with van der Waals surface area (Å²) in [6, 6.07) is 2.21. The van der Waals surface area contributed by atoms with E-state index >= 15 is 0 Å². The predicted octanol–water partition coefficient (Wildman–Crippen LogP) is 2.57. The molecule has 2 N–H and O–H groups in total. The van der Waals surface area contributed by atoms with Crippen LogP contribution in [-0.4, -0.2) is 17.0 Å². The van der Waals surface area contributed by atoms with E-state index in [-0.39, 0.29) is 17.7 Å². The molecule has 1 aromatic rings. The fourth-order valence-corrected chi connectivity index (χ4v) is 5.56. The number of carboxylic acids is 1. The molecule has 0 aromatic carbocycles. The van der Waals surface area contributed by atoms with Gasteiger partial charge in [0.05, 0.1) is 17.4 Å². The second-order valence-electron chi connectivity index (χ2n) is 6.50. The lowest BCUT2D eigenvalue weighted by Crippen LogP contribution is -2.36. The van der Waals surface area contributed by atoms with Crippen LogP contribution in [0.1, 0.15) is 28.8 Å². The van der Waals surface area contributed by atoms with E-state index in [4.69, 9.17) is 0 Å². The second-order valence-corrected chi connectivity index (χ2v) is 7.61. The normalized spacial score (nSPS) is 30.2. The first-order valence-electron chi connectivity index (χ1n) is 7.86. The van der Waals surface area contributed by atoms with E-state index < -0.39 is 17.8 Å². The van der Waals surface area contributed by atoms with Crippen molar-refractivity contribution in [1.29, 1.82) is 5.26 Å². The third-order valence-electron chi connectivity index (χ3n) is 5.32. The van der Waals surface area contributed by atoms with Crippen LogP contribution in [-0.2, 0) is 22.4 Å². The molecule has 1 aromatic heterocycles. The average molecular weight is 328 g/mol. The number of fused-ring (bicyclic) bond motifs is 3. The summed E-state index contributed by atoms with van der Waals surface area (Å²) in [6.07, 6.45) is 7.53. The molecular weight excluding hydrogens is 312 g/mol. The van der Waals surface area contributed by atoms with Crippen molar-refractivity contribution in [2.75, 3.05) is 5.32 Å². The van der Waals surface area contributed by atoms with Crippen molar-refractivity contribution < 1.29 is 14.7 Å². The summed E-state index contributed by atoms with van der Waals surface area (Å²) >= 11 is 1.47. The molecule has 1 fully saturated rings. The van der Waals surface area contributed by atoms with Crippen LogP contribution in [0.25, 0.3) is 0 Å². The van der Waals surface area contributed by atoms with E-state index in [0.29, 0.717) is 10.6 Å². The number of thiophene rings is 1. The van der Waals surface area contributed by atoms with Gasteiger partial charge in [-0.25, -0.2) is 0 Å². The first-order valence-corrected chi connectivity index (χ1v) is 8.68. The summed E-state index contributed by atoms with van der Waals surface area (Å²) in [7, 11) is 0. The number of carbonyl (C=O) groups is 2. The van der Waals surface area contributed by atoms with E-state index in [9.17, 15) is 20.0 Å². The monoisotopic (exact) mass is 328 g/mol. The van der Waals surface area contributed by atoms with Crippen LogP contribution >= 0.6 is 11.3 Å². The quantitative estimate of drug-likeness (QED) is 0.834. The highest BCUT2D eigenvalue weighted by Crippen LogP contribution is 2.49. The largest absolute Gasteiger partial charge is 0.481 e. The van der Waals surface area contributed by atoms with E-state index in [2.05, 4.69) is 11.4 Å². The summed E-state index contributed by atoms with van der Waals surface area (Å²) in [5.41, 5.74) is 1.64. The number of hydrogen-bond acceptors (Lipinski definition) is 4. The number of amides is 1. The van der Waals surface area contributed by atoms with Crippen molar-refractivity contribution in [3.8, 4) is 6.07 Å². The van der Waals surface area contributed by atoms with Gasteiger partial charge in [0, 0.05) is 4.88 Å². The van der Waals surface area contributed by atoms with Crippen molar-refractivity contribution in [1.82, 2.24) is 0 Å². The van der Waals surface area contributed by atoms with Crippen LogP contribution in [0, 0.1) is 35.0 Å². The minimum absolute atomic E-state index is 0.00144. The molecule has 5 nitrogen and oxygen atoms in total. The van der Waals surface area contributed by atoms with Crippen LogP contribution in [0.3, 0.4) is 0 Å². The molecule has 118 valence electrons. The molecule has 1 amide bonds. The molecule has 6 heteroatoms.